The molecule has 1 heterocycles. The fraction of sp³-hybridized carbons (Fsp3) is 0.538. The predicted octanol–water partition coefficient (Wildman–Crippen LogP) is 1.57. The second-order valence-corrected chi connectivity index (χ2v) is 4.51. The lowest BCUT2D eigenvalue weighted by Crippen LogP contribution is -2.26. The van der Waals surface area contributed by atoms with E-state index in [0.717, 1.165) is 6.42 Å². The summed E-state index contributed by atoms with van der Waals surface area (Å²) in [6, 6.07) is 8.40. The summed E-state index contributed by atoms with van der Waals surface area (Å²) in [4.78, 5) is 2.41. The van der Waals surface area contributed by atoms with Gasteiger partial charge in [-0.3, -0.25) is 0 Å². The van der Waals surface area contributed by atoms with Crippen LogP contribution in [0.3, 0.4) is 0 Å². The fourth-order valence-corrected chi connectivity index (χ4v) is 2.19. The number of aliphatic hydroxyl groups is 1. The maximum absolute atomic E-state index is 8.89. The van der Waals surface area contributed by atoms with E-state index in [4.69, 9.17) is 10.8 Å². The number of rotatable bonds is 4. The highest BCUT2D eigenvalue weighted by Gasteiger charge is 2.11. The van der Waals surface area contributed by atoms with E-state index in [9.17, 15) is 0 Å². The molecule has 1 atom stereocenters. The Morgan fingerprint density at radius 1 is 1.18 bits per heavy atom. The average molecular weight is 257 g/mol. The van der Waals surface area contributed by atoms with Crippen LogP contribution in [0.25, 0.3) is 0 Å². The van der Waals surface area contributed by atoms with Crippen LogP contribution < -0.4 is 10.6 Å². The maximum atomic E-state index is 8.89. The van der Waals surface area contributed by atoms with Gasteiger partial charge in [-0.1, -0.05) is 12.1 Å². The molecule has 1 fully saturated rings. The summed E-state index contributed by atoms with van der Waals surface area (Å²) < 4.78 is 0. The Kier molecular flexibility index (Phi) is 5.75. The van der Waals surface area contributed by atoms with Gasteiger partial charge in [0.2, 0.25) is 0 Å². The highest BCUT2D eigenvalue weighted by Crippen LogP contribution is 2.20. The van der Waals surface area contributed by atoms with Crippen LogP contribution in [0.1, 0.15) is 18.4 Å². The van der Waals surface area contributed by atoms with Gasteiger partial charge in [-0.15, -0.1) is 12.4 Å². The van der Waals surface area contributed by atoms with Gasteiger partial charge in [-0.25, -0.2) is 0 Å². The summed E-state index contributed by atoms with van der Waals surface area (Å²) in [5, 5.41) is 8.89. The first-order valence-corrected chi connectivity index (χ1v) is 6.00. The number of benzene rings is 1. The molecule has 1 aliphatic heterocycles. The van der Waals surface area contributed by atoms with Crippen LogP contribution in [0.15, 0.2) is 24.3 Å². The van der Waals surface area contributed by atoms with Crippen LogP contribution in [-0.4, -0.2) is 30.8 Å². The number of hydrogen-bond acceptors (Lipinski definition) is 3. The molecule has 0 saturated carbocycles. The van der Waals surface area contributed by atoms with E-state index in [1.54, 1.807) is 0 Å². The molecule has 0 spiro atoms. The molecule has 1 aromatic carbocycles. The van der Waals surface area contributed by atoms with Crippen LogP contribution in [0.5, 0.6) is 0 Å². The average Bonchev–Trinajstić information content (AvgIpc) is 2.83. The van der Waals surface area contributed by atoms with E-state index in [0.29, 0.717) is 0 Å². The molecule has 2 rings (SSSR count). The van der Waals surface area contributed by atoms with Gasteiger partial charge in [-0.2, -0.15) is 0 Å². The molecule has 1 saturated heterocycles. The Morgan fingerprint density at radius 3 is 2.29 bits per heavy atom. The van der Waals surface area contributed by atoms with Crippen LogP contribution in [0.4, 0.5) is 5.69 Å². The first-order valence-electron chi connectivity index (χ1n) is 6.00. The molecule has 17 heavy (non-hydrogen) atoms. The molecule has 1 aromatic rings. The fourth-order valence-electron chi connectivity index (χ4n) is 2.19. The summed E-state index contributed by atoms with van der Waals surface area (Å²) in [5.74, 6) is 0. The van der Waals surface area contributed by atoms with Crippen molar-refractivity contribution in [1.29, 1.82) is 0 Å². The highest BCUT2D eigenvalue weighted by atomic mass is 35.5. The minimum absolute atomic E-state index is 0. The molecule has 96 valence electrons. The summed E-state index contributed by atoms with van der Waals surface area (Å²) in [7, 11) is 0. The van der Waals surface area contributed by atoms with E-state index >= 15 is 0 Å². The summed E-state index contributed by atoms with van der Waals surface area (Å²) in [6.45, 7) is 2.40. The molecule has 1 unspecified atom stereocenters. The van der Waals surface area contributed by atoms with Crippen molar-refractivity contribution >= 4 is 18.1 Å². The van der Waals surface area contributed by atoms with E-state index in [1.807, 2.05) is 0 Å². The van der Waals surface area contributed by atoms with Gasteiger partial charge < -0.3 is 15.7 Å². The Hall–Kier alpha value is -0.770. The second kappa shape index (κ2) is 6.84. The number of nitrogens with zero attached hydrogens (tertiary/aromatic N) is 1. The van der Waals surface area contributed by atoms with Crippen LogP contribution >= 0.6 is 12.4 Å². The maximum Gasteiger partial charge on any atom is 0.0585 e. The van der Waals surface area contributed by atoms with Gasteiger partial charge in [0.25, 0.3) is 0 Å². The zero-order chi connectivity index (χ0) is 11.4. The minimum atomic E-state index is -0.141. The number of halogens is 1. The normalized spacial score (nSPS) is 16.7. The molecule has 3 nitrogen and oxygen atoms in total. The molecule has 3 N–H and O–H groups in total. The lowest BCUT2D eigenvalue weighted by molar-refractivity contribution is 0.265. The van der Waals surface area contributed by atoms with Gasteiger partial charge >= 0.3 is 0 Å². The Morgan fingerprint density at radius 2 is 1.76 bits per heavy atom. The summed E-state index contributed by atoms with van der Waals surface area (Å²) >= 11 is 0. The van der Waals surface area contributed by atoms with Crippen LogP contribution in [0, 0.1) is 0 Å². The predicted molar refractivity (Wildman–Crippen MR) is 73.9 cm³/mol. The number of nitrogens with two attached hydrogens (primary N) is 1. The SMILES string of the molecule is Cl.NC(CO)Cc1ccc(N2CCCC2)cc1. The van der Waals surface area contributed by atoms with Crippen molar-refractivity contribution in [3.8, 4) is 0 Å². The van der Waals surface area contributed by atoms with Gasteiger partial charge in [0.15, 0.2) is 0 Å². The van der Waals surface area contributed by atoms with Crippen molar-refractivity contribution < 1.29 is 5.11 Å². The Labute approximate surface area is 109 Å². The Balaban J connectivity index is 0.00000144. The second-order valence-electron chi connectivity index (χ2n) is 4.51. The van der Waals surface area contributed by atoms with Gasteiger partial charge in [0.05, 0.1) is 6.61 Å². The molecule has 0 aromatic heterocycles. The number of anilines is 1. The van der Waals surface area contributed by atoms with E-state index in [1.165, 1.54) is 37.2 Å². The third-order valence-corrected chi connectivity index (χ3v) is 3.14. The first kappa shape index (κ1) is 14.3. The van der Waals surface area contributed by atoms with Crippen molar-refractivity contribution in [2.24, 2.45) is 5.73 Å². The van der Waals surface area contributed by atoms with E-state index in [-0.39, 0.29) is 25.1 Å². The van der Waals surface area contributed by atoms with Crippen molar-refractivity contribution in [3.05, 3.63) is 29.8 Å². The first-order chi connectivity index (χ1) is 7.79. The molecule has 4 heteroatoms. The van der Waals surface area contributed by atoms with Gasteiger partial charge in [0, 0.05) is 24.8 Å². The van der Waals surface area contributed by atoms with Crippen molar-refractivity contribution in [1.82, 2.24) is 0 Å². The monoisotopic (exact) mass is 256 g/mol. The number of aliphatic hydroxyl groups excluding tert-OH is 1. The zero-order valence-electron chi connectivity index (χ0n) is 10.0. The lowest BCUT2D eigenvalue weighted by Gasteiger charge is -2.18. The third kappa shape index (κ3) is 3.87. The van der Waals surface area contributed by atoms with E-state index in [2.05, 4.69) is 29.2 Å². The minimum Gasteiger partial charge on any atom is -0.395 e. The third-order valence-electron chi connectivity index (χ3n) is 3.14. The Bertz CT molecular complexity index is 323. The summed E-state index contributed by atoms with van der Waals surface area (Å²) in [6.07, 6.45) is 3.35. The largest absolute Gasteiger partial charge is 0.395 e. The van der Waals surface area contributed by atoms with Crippen molar-refractivity contribution in [3.63, 3.8) is 0 Å². The van der Waals surface area contributed by atoms with E-state index < -0.39 is 0 Å². The molecular weight excluding hydrogens is 236 g/mol. The van der Waals surface area contributed by atoms with Crippen molar-refractivity contribution in [2.75, 3.05) is 24.6 Å². The lowest BCUT2D eigenvalue weighted by atomic mass is 10.1. The molecule has 0 radical (unpaired) electrons. The van der Waals surface area contributed by atoms with Gasteiger partial charge in [-0.05, 0) is 37.0 Å². The van der Waals surface area contributed by atoms with Crippen LogP contribution in [0.2, 0.25) is 0 Å². The molecule has 0 bridgehead atoms. The summed E-state index contributed by atoms with van der Waals surface area (Å²) in [5.41, 5.74) is 8.21. The van der Waals surface area contributed by atoms with Crippen LogP contribution in [-0.2, 0) is 6.42 Å². The standard InChI is InChI=1S/C13H20N2O.ClH/c14-12(10-16)9-11-3-5-13(6-4-11)15-7-1-2-8-15;/h3-6,12,16H,1-2,7-10,14H2;1H. The van der Waals surface area contributed by atoms with Crippen molar-refractivity contribution in [2.45, 2.75) is 25.3 Å². The zero-order valence-corrected chi connectivity index (χ0v) is 10.8. The quantitative estimate of drug-likeness (QED) is 0.860. The topological polar surface area (TPSA) is 49.5 Å². The molecule has 0 aliphatic carbocycles. The molecular formula is C13H21ClN2O. The van der Waals surface area contributed by atoms with Gasteiger partial charge in [0.1, 0.15) is 0 Å². The molecule has 1 aliphatic rings. The number of hydrogen-bond donors (Lipinski definition) is 2. The highest BCUT2D eigenvalue weighted by molar-refractivity contribution is 5.85. The smallest absolute Gasteiger partial charge is 0.0585 e. The molecule has 0 amide bonds.